The van der Waals surface area contributed by atoms with Crippen LogP contribution in [0.3, 0.4) is 0 Å². The highest BCUT2D eigenvalue weighted by Gasteiger charge is 2.29. The predicted molar refractivity (Wildman–Crippen MR) is 52.2 cm³/mol. The molecule has 2 rings (SSSR count). The molecule has 2 unspecified atom stereocenters. The van der Waals surface area contributed by atoms with Crippen molar-refractivity contribution in [2.75, 3.05) is 0 Å². The fourth-order valence-electron chi connectivity index (χ4n) is 2.52. The standard InChI is InChI=1S/C11H17N/c1-8-3-4-11-9(2)12-6-5-10(11)7-8/h5-6,8,10-11H,3-4,7H2,1-2H3/t8-,10?,11?/m1/s1. The first kappa shape index (κ1) is 8.03. The molecule has 1 heterocycles. The maximum atomic E-state index is 4.38. The van der Waals surface area contributed by atoms with E-state index in [1.807, 2.05) is 6.20 Å². The van der Waals surface area contributed by atoms with Crippen LogP contribution in [0.25, 0.3) is 0 Å². The fourth-order valence-corrected chi connectivity index (χ4v) is 2.52. The molecule has 0 bridgehead atoms. The number of hydrogen-bond donors (Lipinski definition) is 0. The lowest BCUT2D eigenvalue weighted by atomic mass is 9.72. The molecule has 1 nitrogen and oxygen atoms in total. The molecule has 1 saturated carbocycles. The van der Waals surface area contributed by atoms with Gasteiger partial charge in [0.2, 0.25) is 0 Å². The minimum absolute atomic E-state index is 0.770. The van der Waals surface area contributed by atoms with Crippen molar-refractivity contribution >= 4 is 5.71 Å². The van der Waals surface area contributed by atoms with Gasteiger partial charge in [-0.05, 0) is 31.6 Å². The fraction of sp³-hybridized carbons (Fsp3) is 0.727. The SMILES string of the molecule is CC1=NC=CC2C[C@H](C)CCC12. The zero-order valence-electron chi connectivity index (χ0n) is 7.96. The molecule has 0 radical (unpaired) electrons. The average molecular weight is 163 g/mol. The molecule has 1 fully saturated rings. The van der Waals surface area contributed by atoms with Crippen molar-refractivity contribution in [3.8, 4) is 0 Å². The first-order valence-corrected chi connectivity index (χ1v) is 4.98. The molecule has 0 N–H and O–H groups in total. The van der Waals surface area contributed by atoms with Crippen LogP contribution in [0.4, 0.5) is 0 Å². The Morgan fingerprint density at radius 2 is 2.25 bits per heavy atom. The van der Waals surface area contributed by atoms with Crippen LogP contribution >= 0.6 is 0 Å². The van der Waals surface area contributed by atoms with E-state index in [0.29, 0.717) is 0 Å². The number of nitrogens with zero attached hydrogens (tertiary/aromatic N) is 1. The van der Waals surface area contributed by atoms with E-state index in [-0.39, 0.29) is 0 Å². The number of rotatable bonds is 0. The Morgan fingerprint density at radius 3 is 3.08 bits per heavy atom. The van der Waals surface area contributed by atoms with Crippen molar-refractivity contribution in [3.05, 3.63) is 12.3 Å². The Labute approximate surface area is 74.6 Å². The highest BCUT2D eigenvalue weighted by atomic mass is 14.7. The molecule has 0 aromatic heterocycles. The van der Waals surface area contributed by atoms with E-state index in [9.17, 15) is 0 Å². The molecule has 3 atom stereocenters. The summed E-state index contributed by atoms with van der Waals surface area (Å²) in [6, 6.07) is 0. The third kappa shape index (κ3) is 1.33. The minimum Gasteiger partial charge on any atom is -0.266 e. The third-order valence-electron chi connectivity index (χ3n) is 3.31. The van der Waals surface area contributed by atoms with Gasteiger partial charge in [0, 0.05) is 17.8 Å². The first-order chi connectivity index (χ1) is 5.77. The van der Waals surface area contributed by atoms with Crippen LogP contribution in [-0.2, 0) is 0 Å². The van der Waals surface area contributed by atoms with E-state index in [4.69, 9.17) is 0 Å². The highest BCUT2D eigenvalue weighted by Crippen LogP contribution is 2.36. The first-order valence-electron chi connectivity index (χ1n) is 4.98. The summed E-state index contributed by atoms with van der Waals surface area (Å²) in [5, 5.41) is 0. The van der Waals surface area contributed by atoms with Gasteiger partial charge in [0.15, 0.2) is 0 Å². The normalized spacial score (nSPS) is 40.5. The summed E-state index contributed by atoms with van der Waals surface area (Å²) in [4.78, 5) is 4.38. The maximum absolute atomic E-state index is 4.38. The highest BCUT2D eigenvalue weighted by molar-refractivity contribution is 5.86. The predicted octanol–water partition coefficient (Wildman–Crippen LogP) is 3.03. The maximum Gasteiger partial charge on any atom is 0.0230 e. The van der Waals surface area contributed by atoms with Crippen LogP contribution in [0.5, 0.6) is 0 Å². The molecule has 2 aliphatic rings. The van der Waals surface area contributed by atoms with Gasteiger partial charge in [0.05, 0.1) is 0 Å². The van der Waals surface area contributed by atoms with Crippen LogP contribution < -0.4 is 0 Å². The summed E-state index contributed by atoms with van der Waals surface area (Å²) in [5.74, 6) is 2.49. The van der Waals surface area contributed by atoms with Crippen LogP contribution in [0.15, 0.2) is 17.3 Å². The lowest BCUT2D eigenvalue weighted by Crippen LogP contribution is -2.29. The molecule has 0 aromatic carbocycles. The molecule has 1 aliphatic heterocycles. The van der Waals surface area contributed by atoms with E-state index >= 15 is 0 Å². The quantitative estimate of drug-likeness (QED) is 0.520. The van der Waals surface area contributed by atoms with Gasteiger partial charge in [-0.1, -0.05) is 19.4 Å². The molecule has 1 heteroatoms. The summed E-state index contributed by atoms with van der Waals surface area (Å²) in [5.41, 5.74) is 1.36. The summed E-state index contributed by atoms with van der Waals surface area (Å²) >= 11 is 0. The van der Waals surface area contributed by atoms with Crippen LogP contribution in [-0.4, -0.2) is 5.71 Å². The lowest BCUT2D eigenvalue weighted by molar-refractivity contribution is 0.277. The zero-order chi connectivity index (χ0) is 8.55. The third-order valence-corrected chi connectivity index (χ3v) is 3.31. The number of fused-ring (bicyclic) bond motifs is 1. The van der Waals surface area contributed by atoms with E-state index in [2.05, 4.69) is 24.9 Å². The summed E-state index contributed by atoms with van der Waals surface area (Å²) in [6.45, 7) is 4.54. The zero-order valence-corrected chi connectivity index (χ0v) is 7.96. The Morgan fingerprint density at radius 1 is 1.42 bits per heavy atom. The van der Waals surface area contributed by atoms with E-state index in [1.165, 1.54) is 25.0 Å². The molecular formula is C11H17N. The van der Waals surface area contributed by atoms with Crippen molar-refractivity contribution in [1.82, 2.24) is 0 Å². The van der Waals surface area contributed by atoms with Gasteiger partial charge in [0.1, 0.15) is 0 Å². The van der Waals surface area contributed by atoms with Gasteiger partial charge in [0.25, 0.3) is 0 Å². The Balaban J connectivity index is 2.13. The van der Waals surface area contributed by atoms with Crippen LogP contribution in [0, 0.1) is 17.8 Å². The Bertz CT molecular complexity index is 227. The van der Waals surface area contributed by atoms with Gasteiger partial charge in [-0.25, -0.2) is 0 Å². The number of aliphatic imine (C=N–C) groups is 1. The van der Waals surface area contributed by atoms with Crippen molar-refractivity contribution < 1.29 is 0 Å². The molecule has 0 spiro atoms. The lowest BCUT2D eigenvalue weighted by Gasteiger charge is -2.34. The monoisotopic (exact) mass is 163 g/mol. The molecule has 0 aromatic rings. The summed E-state index contributed by atoms with van der Waals surface area (Å²) in [6.07, 6.45) is 8.41. The summed E-state index contributed by atoms with van der Waals surface area (Å²) in [7, 11) is 0. The second kappa shape index (κ2) is 3.04. The number of hydrogen-bond acceptors (Lipinski definition) is 1. The van der Waals surface area contributed by atoms with E-state index in [1.54, 1.807) is 0 Å². The van der Waals surface area contributed by atoms with Crippen LogP contribution in [0.2, 0.25) is 0 Å². The Kier molecular flexibility index (Phi) is 2.03. The topological polar surface area (TPSA) is 12.4 Å². The second-order valence-corrected chi connectivity index (χ2v) is 4.30. The minimum atomic E-state index is 0.770. The molecule has 1 aliphatic carbocycles. The summed E-state index contributed by atoms with van der Waals surface area (Å²) < 4.78 is 0. The molecule has 0 amide bonds. The van der Waals surface area contributed by atoms with Gasteiger partial charge >= 0.3 is 0 Å². The van der Waals surface area contributed by atoms with Gasteiger partial charge in [-0.2, -0.15) is 0 Å². The molecule has 0 saturated heterocycles. The molecule has 12 heavy (non-hydrogen) atoms. The van der Waals surface area contributed by atoms with Gasteiger partial charge in [-0.15, -0.1) is 0 Å². The Hall–Kier alpha value is -0.590. The van der Waals surface area contributed by atoms with Gasteiger partial charge < -0.3 is 0 Å². The smallest absolute Gasteiger partial charge is 0.0230 e. The average Bonchev–Trinajstić information content (AvgIpc) is 2.04. The molecular weight excluding hydrogens is 146 g/mol. The van der Waals surface area contributed by atoms with Crippen molar-refractivity contribution in [2.45, 2.75) is 33.1 Å². The van der Waals surface area contributed by atoms with Crippen LogP contribution in [0.1, 0.15) is 33.1 Å². The number of allylic oxidation sites excluding steroid dienone is 1. The second-order valence-electron chi connectivity index (χ2n) is 4.30. The largest absolute Gasteiger partial charge is 0.266 e. The van der Waals surface area contributed by atoms with E-state index in [0.717, 1.165) is 17.8 Å². The van der Waals surface area contributed by atoms with Crippen molar-refractivity contribution in [3.63, 3.8) is 0 Å². The van der Waals surface area contributed by atoms with Crippen molar-refractivity contribution in [1.29, 1.82) is 0 Å². The van der Waals surface area contributed by atoms with E-state index < -0.39 is 0 Å². The molecule has 66 valence electrons. The van der Waals surface area contributed by atoms with Crippen molar-refractivity contribution in [2.24, 2.45) is 22.7 Å². The van der Waals surface area contributed by atoms with Gasteiger partial charge in [-0.3, -0.25) is 4.99 Å².